The second-order valence-electron chi connectivity index (χ2n) is 21.0. The first kappa shape index (κ1) is 57.7. The molecular weight excluding hydrogens is 1030 g/mol. The zero-order valence-electron chi connectivity index (χ0n) is 43.0. The number of halogens is 1. The van der Waals surface area contributed by atoms with Gasteiger partial charge in [-0.15, -0.1) is 10.2 Å². The van der Waals surface area contributed by atoms with E-state index in [0.29, 0.717) is 16.8 Å². The largest absolute Gasteiger partial charge is 0.479 e. The molecule has 0 radical (unpaired) electrons. The Kier molecular flexibility index (Phi) is 18.9. The zero-order chi connectivity index (χ0) is 55.4. The number of hydrogen-bond donors (Lipinski definition) is 10. The van der Waals surface area contributed by atoms with Crippen molar-refractivity contribution in [1.82, 2.24) is 35.3 Å². The highest BCUT2D eigenvalue weighted by molar-refractivity contribution is 5.73. The minimum Gasteiger partial charge on any atom is -0.479 e. The maximum atomic E-state index is 14.2. The van der Waals surface area contributed by atoms with Crippen LogP contribution in [0.5, 0.6) is 0 Å². The van der Waals surface area contributed by atoms with Crippen LogP contribution in [-0.2, 0) is 42.7 Å². The van der Waals surface area contributed by atoms with Crippen molar-refractivity contribution in [2.45, 2.75) is 182 Å². The minimum atomic E-state index is -1.81. The van der Waals surface area contributed by atoms with E-state index < -0.39 is 153 Å². The number of aliphatic carboxylic acids is 1. The van der Waals surface area contributed by atoms with Crippen LogP contribution in [0.1, 0.15) is 77.3 Å². The summed E-state index contributed by atoms with van der Waals surface area (Å²) in [5.74, 6) is -3.09. The van der Waals surface area contributed by atoms with Gasteiger partial charge in [0.05, 0.1) is 50.5 Å². The fourth-order valence-electron chi connectivity index (χ4n) is 11.4. The molecule has 10 N–H and O–H groups in total. The average molecular weight is 1100 g/mol. The van der Waals surface area contributed by atoms with E-state index in [-0.39, 0.29) is 37.5 Å². The number of hydrogen-bond acceptors (Lipinski definition) is 21. The number of carboxylic acid groups (broad SMARTS) is 1. The first-order valence-corrected chi connectivity index (χ1v) is 26.5. The van der Waals surface area contributed by atoms with Crippen molar-refractivity contribution in [3.05, 3.63) is 72.8 Å². The number of carbonyl (C=O) groups is 2. The summed E-state index contributed by atoms with van der Waals surface area (Å²) in [6.07, 6.45) is -16.3. The molecule has 2 aromatic carbocycles. The van der Waals surface area contributed by atoms with Crippen LogP contribution < -0.4 is 5.32 Å². The molecule has 5 fully saturated rings. The zero-order valence-corrected chi connectivity index (χ0v) is 43.0. The first-order chi connectivity index (χ1) is 37.5. The first-order valence-electron chi connectivity index (χ1n) is 26.5. The molecule has 2 saturated carbocycles. The van der Waals surface area contributed by atoms with E-state index in [2.05, 4.69) is 25.9 Å². The number of aliphatic hydroxyl groups is 8. The summed E-state index contributed by atoms with van der Waals surface area (Å²) >= 11 is 0. The Labute approximate surface area is 447 Å². The molecule has 2 aromatic heterocycles. The summed E-state index contributed by atoms with van der Waals surface area (Å²) in [4.78, 5) is 26.0. The van der Waals surface area contributed by atoms with E-state index >= 15 is 0 Å². The Balaban J connectivity index is 1.06. The van der Waals surface area contributed by atoms with Gasteiger partial charge in [-0.1, -0.05) is 85.0 Å². The molecule has 2 aliphatic carbocycles. The highest BCUT2D eigenvalue weighted by atomic mass is 19.1. The van der Waals surface area contributed by atoms with E-state index in [1.807, 2.05) is 30.3 Å². The van der Waals surface area contributed by atoms with Gasteiger partial charge in [-0.05, 0) is 50.2 Å². The molecule has 12 unspecified atom stereocenters. The molecule has 0 spiro atoms. The van der Waals surface area contributed by atoms with Gasteiger partial charge in [0.25, 0.3) is 0 Å². The number of nitrogens with zero attached hydrogens (tertiary/aromatic N) is 6. The molecule has 4 aromatic rings. The van der Waals surface area contributed by atoms with Crippen molar-refractivity contribution in [3.63, 3.8) is 0 Å². The molecule has 3 saturated heterocycles. The number of carboxylic acids is 1. The van der Waals surface area contributed by atoms with Gasteiger partial charge in [-0.3, -0.25) is 4.79 Å². The highest BCUT2D eigenvalue weighted by Gasteiger charge is 2.54. The van der Waals surface area contributed by atoms with E-state index in [0.717, 1.165) is 32.1 Å². The van der Waals surface area contributed by atoms with Crippen LogP contribution in [0.15, 0.2) is 67.0 Å². The molecule has 78 heavy (non-hydrogen) atoms. The lowest BCUT2D eigenvalue weighted by Crippen LogP contribution is -2.67. The Hall–Kier alpha value is -5.01. The van der Waals surface area contributed by atoms with Crippen LogP contribution in [0, 0.1) is 17.7 Å². The number of aromatic nitrogens is 6. The lowest BCUT2D eigenvalue weighted by atomic mass is 9.81. The second kappa shape index (κ2) is 25.6. The van der Waals surface area contributed by atoms with Crippen LogP contribution in [-0.4, -0.2) is 212 Å². The van der Waals surface area contributed by atoms with E-state index in [4.69, 9.17) is 33.2 Å². The molecule has 5 heterocycles. The van der Waals surface area contributed by atoms with Gasteiger partial charge in [0, 0.05) is 18.1 Å². The van der Waals surface area contributed by atoms with Crippen molar-refractivity contribution in [3.8, 4) is 22.5 Å². The van der Waals surface area contributed by atoms with E-state index in [1.165, 1.54) is 47.6 Å². The van der Waals surface area contributed by atoms with Gasteiger partial charge in [0.1, 0.15) is 90.3 Å². The molecule has 25 nitrogen and oxygen atoms in total. The van der Waals surface area contributed by atoms with Crippen molar-refractivity contribution in [2.75, 3.05) is 19.8 Å². The SMILES string of the molecule is CC(=O)NC1C(O[C@@H](CC2CCCCC2)C(=O)O)[C@@H](O)C(CO)O[C@H]1O[C@@H]1CC(CO[C@H]2OC(CO)[C@@H](O)C(n3cc(-c4cccc(F)c4)nn3)C2O)CC(n2cc(-c3ccccc3)nn2)C1O[C@@H]1OC(C)[C@@H](O)C(O)C1O. The topological polar surface area (TPSA) is 354 Å². The van der Waals surface area contributed by atoms with Crippen LogP contribution in [0.25, 0.3) is 22.5 Å². The van der Waals surface area contributed by atoms with Gasteiger partial charge < -0.3 is 84.4 Å². The molecule has 5 aliphatic rings. The third-order valence-electron chi connectivity index (χ3n) is 15.6. The summed E-state index contributed by atoms with van der Waals surface area (Å²) < 4.78 is 61.3. The molecule has 9 rings (SSSR count). The van der Waals surface area contributed by atoms with E-state index in [1.54, 1.807) is 12.3 Å². The van der Waals surface area contributed by atoms with E-state index in [9.17, 15) is 59.9 Å². The summed E-state index contributed by atoms with van der Waals surface area (Å²) in [6, 6.07) is 11.0. The monoisotopic (exact) mass is 1100 g/mol. The van der Waals surface area contributed by atoms with Gasteiger partial charge >= 0.3 is 5.97 Å². The fraction of sp³-hybridized carbons (Fsp3) is 0.654. The summed E-state index contributed by atoms with van der Waals surface area (Å²) in [7, 11) is 0. The fourth-order valence-corrected chi connectivity index (χ4v) is 11.4. The molecule has 20 atom stereocenters. The molecule has 0 bridgehead atoms. The van der Waals surface area contributed by atoms with Crippen LogP contribution in [0.2, 0.25) is 0 Å². The maximum Gasteiger partial charge on any atom is 0.332 e. The predicted molar refractivity (Wildman–Crippen MR) is 264 cm³/mol. The van der Waals surface area contributed by atoms with Crippen LogP contribution >= 0.6 is 0 Å². The molecule has 428 valence electrons. The standard InChI is InChI=1S/C52H70FN7O18/c1-25-41(64)45(68)46(69)52(73-25)78-47-34(59-20-32(55-57-59)29-12-7-4-8-13-29)16-28(24-72-51-44(67)40(42(65)37(22-61)77-51)60-21-33(56-58-60)30-14-9-15-31(53)19-30)18-35(47)75-50-39(54-26(2)63)48(43(66)38(23-62)76-50)74-36(49(70)71)17-27-10-5-3-6-11-27/h4,7-9,12-15,19-21,25,27-28,34-48,50-52,61-62,64-69H,3,5-6,10-11,16-18,22-24H2,1-2H3,(H,54,63)(H,70,71)/t25?,28?,34?,35-,36+,37?,38?,39?,40?,41-,42-,43+,44?,45?,46?,47?,48?,50-,51+,52+/m1/s1. The second-order valence-corrected chi connectivity index (χ2v) is 21.0. The minimum absolute atomic E-state index is 0.0136. The molecular formula is C52H70FN7O18. The van der Waals surface area contributed by atoms with Crippen molar-refractivity contribution in [2.24, 2.45) is 11.8 Å². The predicted octanol–water partition coefficient (Wildman–Crippen LogP) is -0.0198. The number of carbonyl (C=O) groups excluding carboxylic acids is 1. The third kappa shape index (κ3) is 12.9. The van der Waals surface area contributed by atoms with Gasteiger partial charge in [0.15, 0.2) is 25.0 Å². The number of aliphatic hydroxyl groups excluding tert-OH is 8. The number of rotatable bonds is 19. The van der Waals surface area contributed by atoms with Crippen LogP contribution in [0.3, 0.4) is 0 Å². The van der Waals surface area contributed by atoms with Crippen molar-refractivity contribution < 1.29 is 93.1 Å². The van der Waals surface area contributed by atoms with Gasteiger partial charge in [0.2, 0.25) is 5.91 Å². The van der Waals surface area contributed by atoms with Crippen molar-refractivity contribution >= 4 is 11.9 Å². The lowest BCUT2D eigenvalue weighted by molar-refractivity contribution is -0.339. The van der Waals surface area contributed by atoms with Crippen LogP contribution in [0.4, 0.5) is 4.39 Å². The summed E-state index contributed by atoms with van der Waals surface area (Å²) in [5, 5.41) is 120. The quantitative estimate of drug-likeness (QED) is 0.0590. The number of benzene rings is 2. The Bertz CT molecular complexity index is 2580. The van der Waals surface area contributed by atoms with Gasteiger partial charge in [-0.2, -0.15) is 0 Å². The maximum absolute atomic E-state index is 14.2. The summed E-state index contributed by atoms with van der Waals surface area (Å²) in [5.41, 5.74) is 1.75. The summed E-state index contributed by atoms with van der Waals surface area (Å²) in [6.45, 7) is 0.931. The number of amides is 1. The smallest absolute Gasteiger partial charge is 0.332 e. The number of nitrogens with one attached hydrogen (secondary N) is 1. The lowest BCUT2D eigenvalue weighted by Gasteiger charge is -2.49. The van der Waals surface area contributed by atoms with Crippen molar-refractivity contribution in [1.29, 1.82) is 0 Å². The third-order valence-corrected chi connectivity index (χ3v) is 15.6. The van der Waals surface area contributed by atoms with Gasteiger partial charge in [-0.25, -0.2) is 18.5 Å². The number of ether oxygens (including phenoxy) is 7. The molecule has 26 heteroatoms. The highest BCUT2D eigenvalue weighted by Crippen LogP contribution is 2.42. The molecule has 3 aliphatic heterocycles. The Morgan fingerprint density at radius 1 is 0.731 bits per heavy atom. The Morgan fingerprint density at radius 3 is 2.09 bits per heavy atom. The normalized spacial score (nSPS) is 36.2. The molecule has 1 amide bonds. The average Bonchev–Trinajstić information content (AvgIpc) is 4.23. The Morgan fingerprint density at radius 2 is 1.40 bits per heavy atom.